The van der Waals surface area contributed by atoms with Gasteiger partial charge in [-0.25, -0.2) is 0 Å². The Bertz CT molecular complexity index is 498. The van der Waals surface area contributed by atoms with Crippen LogP contribution in [0.5, 0.6) is 0 Å². The molecule has 3 N–H and O–H groups in total. The summed E-state index contributed by atoms with van der Waals surface area (Å²) in [5.41, 5.74) is 8.34. The molecule has 1 heterocycles. The number of hydrogen-bond donors (Lipinski definition) is 2. The smallest absolute Gasteiger partial charge is 0.293 e. The number of nitrogens with one attached hydrogen (secondary N) is 1. The van der Waals surface area contributed by atoms with Gasteiger partial charge in [0.15, 0.2) is 0 Å². The lowest BCUT2D eigenvalue weighted by molar-refractivity contribution is -0.138. The van der Waals surface area contributed by atoms with Crippen molar-refractivity contribution in [3.8, 4) is 0 Å². The fourth-order valence-corrected chi connectivity index (χ4v) is 2.96. The van der Waals surface area contributed by atoms with E-state index in [1.54, 1.807) is 0 Å². The van der Waals surface area contributed by atoms with Crippen molar-refractivity contribution in [3.05, 3.63) is 29.8 Å². The minimum absolute atomic E-state index is 0.318. The van der Waals surface area contributed by atoms with Crippen molar-refractivity contribution < 1.29 is 9.53 Å². The number of nitrogens with zero attached hydrogens (tertiary/aromatic N) is 1. The van der Waals surface area contributed by atoms with Crippen molar-refractivity contribution in [1.29, 1.82) is 0 Å². The summed E-state index contributed by atoms with van der Waals surface area (Å²) in [5, 5.41) is 3.38. The van der Waals surface area contributed by atoms with Crippen molar-refractivity contribution in [2.45, 2.75) is 51.2 Å². The zero-order valence-electron chi connectivity index (χ0n) is 15.1. The number of ether oxygens (including phenoxy) is 1. The van der Waals surface area contributed by atoms with E-state index in [-0.39, 0.29) is 5.60 Å². The highest BCUT2D eigenvalue weighted by molar-refractivity contribution is 5.48. The van der Waals surface area contributed by atoms with Crippen molar-refractivity contribution in [2.24, 2.45) is 5.73 Å². The Morgan fingerprint density at radius 3 is 2.17 bits per heavy atom. The molecule has 1 saturated heterocycles. The minimum Gasteiger partial charge on any atom is -0.462 e. The van der Waals surface area contributed by atoms with E-state index in [0.717, 1.165) is 39.0 Å². The lowest BCUT2D eigenvalue weighted by Gasteiger charge is -2.33. The summed E-state index contributed by atoms with van der Waals surface area (Å²) >= 11 is 0. The molecule has 2 fully saturated rings. The Labute approximate surface area is 145 Å². The molecule has 0 atom stereocenters. The molecular formula is C19H31N3O2. The van der Waals surface area contributed by atoms with E-state index in [1.807, 2.05) is 20.8 Å². The van der Waals surface area contributed by atoms with Crippen LogP contribution in [0.25, 0.3) is 0 Å². The molecule has 1 aromatic rings. The van der Waals surface area contributed by atoms with Crippen molar-refractivity contribution in [3.63, 3.8) is 0 Å². The summed E-state index contributed by atoms with van der Waals surface area (Å²) < 4.78 is 4.55. The third kappa shape index (κ3) is 5.80. The molecule has 3 rings (SSSR count). The van der Waals surface area contributed by atoms with Crippen LogP contribution < -0.4 is 16.0 Å². The molecule has 1 aromatic carbocycles. The van der Waals surface area contributed by atoms with Gasteiger partial charge in [-0.15, -0.1) is 0 Å². The number of piperazine rings is 1. The van der Waals surface area contributed by atoms with E-state index in [0.29, 0.717) is 18.4 Å². The third-order valence-electron chi connectivity index (χ3n) is 4.42. The van der Waals surface area contributed by atoms with Gasteiger partial charge in [-0.05, 0) is 57.2 Å². The molecular weight excluding hydrogens is 302 g/mol. The number of carbonyl (C=O) groups excluding carboxylic acids is 1. The number of anilines is 1. The van der Waals surface area contributed by atoms with Crippen LogP contribution in [0.15, 0.2) is 24.3 Å². The van der Waals surface area contributed by atoms with E-state index in [4.69, 9.17) is 5.73 Å². The first-order valence-electron chi connectivity index (χ1n) is 8.82. The molecule has 2 aliphatic rings. The van der Waals surface area contributed by atoms with Crippen LogP contribution in [0, 0.1) is 0 Å². The van der Waals surface area contributed by atoms with Crippen LogP contribution in [0.2, 0.25) is 0 Å². The highest BCUT2D eigenvalue weighted by Crippen LogP contribution is 2.36. The maximum Gasteiger partial charge on any atom is 0.293 e. The van der Waals surface area contributed by atoms with E-state index < -0.39 is 0 Å². The molecule has 0 unspecified atom stereocenters. The normalized spacial score (nSPS) is 23.6. The molecule has 5 heteroatoms. The van der Waals surface area contributed by atoms with E-state index >= 15 is 0 Å². The molecule has 1 saturated carbocycles. The van der Waals surface area contributed by atoms with E-state index in [1.165, 1.54) is 11.3 Å². The lowest BCUT2D eigenvalue weighted by Crippen LogP contribution is -2.43. The van der Waals surface area contributed by atoms with Crippen LogP contribution in [0.1, 0.15) is 45.1 Å². The molecule has 0 bridgehead atoms. The van der Waals surface area contributed by atoms with Gasteiger partial charge in [-0.2, -0.15) is 0 Å². The Morgan fingerprint density at radius 2 is 1.75 bits per heavy atom. The molecule has 134 valence electrons. The quantitative estimate of drug-likeness (QED) is 0.831. The summed E-state index contributed by atoms with van der Waals surface area (Å²) in [6.07, 6.45) is 2.32. The topological polar surface area (TPSA) is 67.6 Å². The SMILES string of the molecule is CC(C)(C)OC=O.NC1CC(c2ccc(N3CCNCC3)cc2)C1. The molecule has 1 aliphatic carbocycles. The first kappa shape index (κ1) is 18.7. The fourth-order valence-electron chi connectivity index (χ4n) is 2.96. The largest absolute Gasteiger partial charge is 0.462 e. The Morgan fingerprint density at radius 1 is 1.17 bits per heavy atom. The Balaban J connectivity index is 0.000000256. The summed E-state index contributed by atoms with van der Waals surface area (Å²) in [6, 6.07) is 9.55. The van der Waals surface area contributed by atoms with Crippen molar-refractivity contribution in [1.82, 2.24) is 5.32 Å². The van der Waals surface area contributed by atoms with E-state index in [9.17, 15) is 4.79 Å². The highest BCUT2D eigenvalue weighted by atomic mass is 16.5. The average Bonchev–Trinajstić information content (AvgIpc) is 2.52. The summed E-state index contributed by atoms with van der Waals surface area (Å²) in [6.45, 7) is 10.4. The zero-order valence-corrected chi connectivity index (χ0v) is 15.1. The average molecular weight is 333 g/mol. The van der Waals surface area contributed by atoms with Gasteiger partial charge in [-0.3, -0.25) is 4.79 Å². The minimum atomic E-state index is -0.318. The number of nitrogens with two attached hydrogens (primary N) is 1. The van der Waals surface area contributed by atoms with Gasteiger partial charge >= 0.3 is 0 Å². The Kier molecular flexibility index (Phi) is 6.63. The predicted octanol–water partition coefficient (Wildman–Crippen LogP) is 2.26. The van der Waals surface area contributed by atoms with Gasteiger partial charge in [-0.1, -0.05) is 12.1 Å². The van der Waals surface area contributed by atoms with Crippen LogP contribution in [-0.4, -0.2) is 44.3 Å². The second kappa shape index (κ2) is 8.49. The molecule has 24 heavy (non-hydrogen) atoms. The van der Waals surface area contributed by atoms with Gasteiger partial charge in [0.05, 0.1) is 0 Å². The maximum atomic E-state index is 9.60. The zero-order chi connectivity index (χ0) is 17.6. The summed E-state index contributed by atoms with van der Waals surface area (Å²) in [7, 11) is 0. The van der Waals surface area contributed by atoms with Crippen molar-refractivity contribution >= 4 is 12.2 Å². The number of rotatable bonds is 3. The first-order valence-corrected chi connectivity index (χ1v) is 8.82. The van der Waals surface area contributed by atoms with Gasteiger partial charge in [0, 0.05) is 37.9 Å². The standard InChI is InChI=1S/C14H21N3.C5H10O2/c15-13-9-12(10-13)11-1-3-14(4-2-11)17-7-5-16-6-8-17;1-5(2,3)7-4-6/h1-4,12-13,16H,5-10,15H2;4H,1-3H3. The fraction of sp³-hybridized carbons (Fsp3) is 0.632. The van der Waals surface area contributed by atoms with Crippen molar-refractivity contribution in [2.75, 3.05) is 31.1 Å². The third-order valence-corrected chi connectivity index (χ3v) is 4.42. The van der Waals surface area contributed by atoms with Crippen LogP contribution in [-0.2, 0) is 9.53 Å². The number of carbonyl (C=O) groups is 1. The number of hydrogen-bond acceptors (Lipinski definition) is 5. The van der Waals surface area contributed by atoms with Crippen LogP contribution >= 0.6 is 0 Å². The molecule has 1 aliphatic heterocycles. The highest BCUT2D eigenvalue weighted by Gasteiger charge is 2.27. The summed E-state index contributed by atoms with van der Waals surface area (Å²) in [5.74, 6) is 0.710. The number of benzene rings is 1. The predicted molar refractivity (Wildman–Crippen MR) is 98.4 cm³/mol. The molecule has 5 nitrogen and oxygen atoms in total. The van der Waals surface area contributed by atoms with Crippen LogP contribution in [0.4, 0.5) is 5.69 Å². The van der Waals surface area contributed by atoms with Crippen LogP contribution in [0.3, 0.4) is 0 Å². The lowest BCUT2D eigenvalue weighted by atomic mass is 9.76. The van der Waals surface area contributed by atoms with E-state index in [2.05, 4.69) is 39.2 Å². The molecule has 0 aromatic heterocycles. The first-order chi connectivity index (χ1) is 11.4. The van der Waals surface area contributed by atoms with Gasteiger partial charge in [0.2, 0.25) is 0 Å². The van der Waals surface area contributed by atoms with Gasteiger partial charge < -0.3 is 20.7 Å². The monoisotopic (exact) mass is 333 g/mol. The van der Waals surface area contributed by atoms with Gasteiger partial charge in [0.25, 0.3) is 6.47 Å². The molecule has 0 spiro atoms. The van der Waals surface area contributed by atoms with Gasteiger partial charge in [0.1, 0.15) is 5.60 Å². The second-order valence-corrected chi connectivity index (χ2v) is 7.58. The molecule has 0 amide bonds. The Hall–Kier alpha value is -1.59. The second-order valence-electron chi connectivity index (χ2n) is 7.58. The summed E-state index contributed by atoms with van der Waals surface area (Å²) in [4.78, 5) is 12.0. The molecule has 0 radical (unpaired) electrons. The maximum absolute atomic E-state index is 9.60.